The molecule has 94 valence electrons. The number of pyridine rings is 1. The van der Waals surface area contributed by atoms with Crippen LogP contribution in [0.3, 0.4) is 0 Å². The Morgan fingerprint density at radius 3 is 2.59 bits per heavy atom. The molecule has 1 aliphatic carbocycles. The number of nitrogens with two attached hydrogens (primary N) is 1. The van der Waals surface area contributed by atoms with E-state index >= 15 is 0 Å². The van der Waals surface area contributed by atoms with Crippen LogP contribution in [0.4, 0.5) is 0 Å². The van der Waals surface area contributed by atoms with Crippen LogP contribution in [0.1, 0.15) is 56.7 Å². The average Bonchev–Trinajstić information content (AvgIpc) is 2.29. The highest BCUT2D eigenvalue weighted by molar-refractivity contribution is 5.25. The van der Waals surface area contributed by atoms with Gasteiger partial charge in [-0.05, 0) is 61.1 Å². The van der Waals surface area contributed by atoms with Gasteiger partial charge in [0.05, 0.1) is 0 Å². The maximum atomic E-state index is 6.42. The molecule has 1 fully saturated rings. The van der Waals surface area contributed by atoms with Gasteiger partial charge in [0.15, 0.2) is 0 Å². The van der Waals surface area contributed by atoms with E-state index in [0.717, 1.165) is 0 Å². The first-order valence-corrected chi connectivity index (χ1v) is 6.66. The predicted molar refractivity (Wildman–Crippen MR) is 71.6 cm³/mol. The third-order valence-corrected chi connectivity index (χ3v) is 4.33. The van der Waals surface area contributed by atoms with E-state index in [1.54, 1.807) is 0 Å². The summed E-state index contributed by atoms with van der Waals surface area (Å²) in [5.74, 6) is 0.630. The molecule has 0 bridgehead atoms. The molecule has 1 atom stereocenters. The van der Waals surface area contributed by atoms with Gasteiger partial charge in [-0.2, -0.15) is 0 Å². The number of aromatic nitrogens is 1. The van der Waals surface area contributed by atoms with Crippen molar-refractivity contribution in [2.75, 3.05) is 0 Å². The molecule has 0 saturated heterocycles. The SMILES string of the molecule is Cc1ccncc1C(N)C1CCC(C)(C)CC1. The van der Waals surface area contributed by atoms with Crippen LogP contribution in [-0.2, 0) is 0 Å². The van der Waals surface area contributed by atoms with Crippen molar-refractivity contribution in [2.24, 2.45) is 17.1 Å². The molecule has 2 N–H and O–H groups in total. The van der Waals surface area contributed by atoms with Crippen LogP contribution >= 0.6 is 0 Å². The molecule has 17 heavy (non-hydrogen) atoms. The summed E-state index contributed by atoms with van der Waals surface area (Å²) in [4.78, 5) is 4.21. The minimum atomic E-state index is 0.166. The van der Waals surface area contributed by atoms with Gasteiger partial charge in [0.1, 0.15) is 0 Å². The van der Waals surface area contributed by atoms with Crippen molar-refractivity contribution in [2.45, 2.75) is 52.5 Å². The fourth-order valence-electron chi connectivity index (χ4n) is 2.86. The van der Waals surface area contributed by atoms with E-state index in [1.165, 1.54) is 36.8 Å². The molecule has 0 aromatic carbocycles. The van der Waals surface area contributed by atoms with Crippen molar-refractivity contribution in [1.29, 1.82) is 0 Å². The lowest BCUT2D eigenvalue weighted by Gasteiger charge is -2.37. The molecule has 0 aliphatic heterocycles. The summed E-state index contributed by atoms with van der Waals surface area (Å²) in [5.41, 5.74) is 9.44. The lowest BCUT2D eigenvalue weighted by molar-refractivity contribution is 0.173. The molecule has 1 aromatic rings. The number of hydrogen-bond donors (Lipinski definition) is 1. The third kappa shape index (κ3) is 2.86. The Morgan fingerprint density at radius 1 is 1.35 bits per heavy atom. The van der Waals surface area contributed by atoms with E-state index in [2.05, 4.69) is 31.8 Å². The fraction of sp³-hybridized carbons (Fsp3) is 0.667. The number of aryl methyl sites for hydroxylation is 1. The second-order valence-electron chi connectivity index (χ2n) is 6.26. The van der Waals surface area contributed by atoms with Crippen LogP contribution in [-0.4, -0.2) is 4.98 Å². The molecule has 1 unspecified atom stereocenters. The quantitative estimate of drug-likeness (QED) is 0.846. The van der Waals surface area contributed by atoms with E-state index in [1.807, 2.05) is 12.4 Å². The van der Waals surface area contributed by atoms with Crippen molar-refractivity contribution in [3.63, 3.8) is 0 Å². The molecule has 1 aromatic heterocycles. The second-order valence-corrected chi connectivity index (χ2v) is 6.26. The van der Waals surface area contributed by atoms with Crippen molar-refractivity contribution in [1.82, 2.24) is 4.98 Å². The number of rotatable bonds is 2. The van der Waals surface area contributed by atoms with Crippen LogP contribution in [0, 0.1) is 18.3 Å². The first-order valence-electron chi connectivity index (χ1n) is 6.66. The first kappa shape index (κ1) is 12.6. The fourth-order valence-corrected chi connectivity index (χ4v) is 2.86. The van der Waals surface area contributed by atoms with Gasteiger partial charge in [0.25, 0.3) is 0 Å². The molecular formula is C15H24N2. The monoisotopic (exact) mass is 232 g/mol. The molecular weight excluding hydrogens is 208 g/mol. The predicted octanol–water partition coefficient (Wildman–Crippen LogP) is 3.61. The van der Waals surface area contributed by atoms with Crippen LogP contribution < -0.4 is 5.73 Å². The van der Waals surface area contributed by atoms with E-state index in [4.69, 9.17) is 5.73 Å². The zero-order valence-corrected chi connectivity index (χ0v) is 11.2. The van der Waals surface area contributed by atoms with Crippen molar-refractivity contribution < 1.29 is 0 Å². The Labute approximate surface area is 105 Å². The maximum absolute atomic E-state index is 6.42. The number of hydrogen-bond acceptors (Lipinski definition) is 2. The highest BCUT2D eigenvalue weighted by Gasteiger charge is 2.30. The van der Waals surface area contributed by atoms with Crippen LogP contribution in [0.15, 0.2) is 18.5 Å². The van der Waals surface area contributed by atoms with Gasteiger partial charge in [0.2, 0.25) is 0 Å². The zero-order valence-electron chi connectivity index (χ0n) is 11.2. The molecule has 0 spiro atoms. The van der Waals surface area contributed by atoms with Crippen LogP contribution in [0.5, 0.6) is 0 Å². The molecule has 2 nitrogen and oxygen atoms in total. The lowest BCUT2D eigenvalue weighted by Crippen LogP contribution is -2.29. The van der Waals surface area contributed by atoms with Gasteiger partial charge in [-0.25, -0.2) is 0 Å². The topological polar surface area (TPSA) is 38.9 Å². The normalized spacial score (nSPS) is 22.4. The second kappa shape index (κ2) is 4.77. The standard InChI is InChI=1S/C15H24N2/c1-11-6-9-17-10-13(11)14(16)12-4-7-15(2,3)8-5-12/h6,9-10,12,14H,4-5,7-8,16H2,1-3H3. The Hall–Kier alpha value is -0.890. The van der Waals surface area contributed by atoms with E-state index in [0.29, 0.717) is 11.3 Å². The van der Waals surface area contributed by atoms with Crippen LogP contribution in [0.2, 0.25) is 0 Å². The lowest BCUT2D eigenvalue weighted by atomic mass is 9.70. The summed E-state index contributed by atoms with van der Waals surface area (Å²) in [6.07, 6.45) is 8.88. The molecule has 1 aliphatic rings. The van der Waals surface area contributed by atoms with Gasteiger partial charge in [-0.1, -0.05) is 13.8 Å². The summed E-state index contributed by atoms with van der Waals surface area (Å²) >= 11 is 0. The van der Waals surface area contributed by atoms with E-state index in [-0.39, 0.29) is 6.04 Å². The summed E-state index contributed by atoms with van der Waals surface area (Å²) < 4.78 is 0. The van der Waals surface area contributed by atoms with Gasteiger partial charge in [-0.15, -0.1) is 0 Å². The van der Waals surface area contributed by atoms with Crippen molar-refractivity contribution in [3.05, 3.63) is 29.6 Å². The Bertz CT molecular complexity index is 374. The minimum Gasteiger partial charge on any atom is -0.324 e. The summed E-state index contributed by atoms with van der Waals surface area (Å²) in [6, 6.07) is 2.22. The smallest absolute Gasteiger partial charge is 0.0341 e. The third-order valence-electron chi connectivity index (χ3n) is 4.33. The Balaban J connectivity index is 2.07. The van der Waals surface area contributed by atoms with Crippen molar-refractivity contribution >= 4 is 0 Å². The van der Waals surface area contributed by atoms with E-state index < -0.39 is 0 Å². The molecule has 2 heteroatoms. The number of nitrogens with zero attached hydrogens (tertiary/aromatic N) is 1. The molecule has 0 amide bonds. The molecule has 0 radical (unpaired) electrons. The van der Waals surface area contributed by atoms with Gasteiger partial charge in [0, 0.05) is 18.4 Å². The average molecular weight is 232 g/mol. The Morgan fingerprint density at radius 2 is 2.00 bits per heavy atom. The highest BCUT2D eigenvalue weighted by Crippen LogP contribution is 2.42. The summed E-state index contributed by atoms with van der Waals surface area (Å²) in [7, 11) is 0. The Kier molecular flexibility index (Phi) is 3.53. The maximum Gasteiger partial charge on any atom is 0.0341 e. The molecule has 1 saturated carbocycles. The van der Waals surface area contributed by atoms with Crippen molar-refractivity contribution in [3.8, 4) is 0 Å². The molecule has 2 rings (SSSR count). The minimum absolute atomic E-state index is 0.166. The van der Waals surface area contributed by atoms with Crippen LogP contribution in [0.25, 0.3) is 0 Å². The van der Waals surface area contributed by atoms with E-state index in [9.17, 15) is 0 Å². The summed E-state index contributed by atoms with van der Waals surface area (Å²) in [5, 5.41) is 0. The van der Waals surface area contributed by atoms with Gasteiger partial charge >= 0.3 is 0 Å². The zero-order chi connectivity index (χ0) is 12.5. The first-order chi connectivity index (χ1) is 7.99. The van der Waals surface area contributed by atoms with Gasteiger partial charge < -0.3 is 5.73 Å². The van der Waals surface area contributed by atoms with Gasteiger partial charge in [-0.3, -0.25) is 4.98 Å². The largest absolute Gasteiger partial charge is 0.324 e. The highest BCUT2D eigenvalue weighted by atomic mass is 14.7. The summed E-state index contributed by atoms with van der Waals surface area (Å²) in [6.45, 7) is 6.86. The molecule has 1 heterocycles.